The number of aromatic nitrogens is 1. The van der Waals surface area contributed by atoms with Crippen LogP contribution in [0, 0.1) is 0 Å². The van der Waals surface area contributed by atoms with Crippen LogP contribution in [0.4, 0.5) is 5.69 Å². The average Bonchev–Trinajstić information content (AvgIpc) is 2.90. The Morgan fingerprint density at radius 1 is 0.971 bits per heavy atom. The van der Waals surface area contributed by atoms with E-state index >= 15 is 0 Å². The van der Waals surface area contributed by atoms with Crippen molar-refractivity contribution >= 4 is 21.4 Å². The second-order valence-electron chi connectivity index (χ2n) is 7.04. The van der Waals surface area contributed by atoms with E-state index in [1.165, 1.54) is 71.2 Å². The summed E-state index contributed by atoms with van der Waals surface area (Å²) in [5, 5.41) is 10.8. The molecule has 1 amide bonds. The molecule has 3 rings (SSSR count). The largest absolute Gasteiger partial charge is 0.497 e. The van der Waals surface area contributed by atoms with Crippen LogP contribution >= 0.6 is 0 Å². The highest BCUT2D eigenvalue weighted by atomic mass is 32.2. The van der Waals surface area contributed by atoms with Gasteiger partial charge in [0.2, 0.25) is 15.6 Å². The van der Waals surface area contributed by atoms with Crippen molar-refractivity contribution in [3.63, 3.8) is 0 Å². The summed E-state index contributed by atoms with van der Waals surface area (Å²) in [5.41, 5.74) is 1.63. The summed E-state index contributed by atoms with van der Waals surface area (Å²) in [7, 11) is 1.40. The van der Waals surface area contributed by atoms with Gasteiger partial charge in [0.15, 0.2) is 16.9 Å². The quantitative estimate of drug-likeness (QED) is 0.279. The van der Waals surface area contributed by atoms with Gasteiger partial charge in [0, 0.05) is 18.0 Å². The van der Waals surface area contributed by atoms with Crippen molar-refractivity contribution in [3.8, 4) is 23.0 Å². The zero-order chi connectivity index (χ0) is 25.6. The number of nitrogens with one attached hydrogen (secondary N) is 2. The third-order valence-corrected chi connectivity index (χ3v) is 7.08. The molecule has 0 bridgehead atoms. The average molecular weight is 504 g/mol. The number of carbonyl (C=O) groups is 1. The van der Waals surface area contributed by atoms with E-state index in [4.69, 9.17) is 18.9 Å². The number of ether oxygens (including phenoxy) is 4. The number of carbonyl (C=O) groups excluding carboxylic acids is 1. The number of hydroxylamine groups is 1. The van der Waals surface area contributed by atoms with Crippen LogP contribution in [0.3, 0.4) is 0 Å². The molecule has 0 radical (unpaired) electrons. The lowest BCUT2D eigenvalue weighted by atomic mass is 10.1. The molecule has 0 saturated carbocycles. The number of anilines is 1. The number of pyridine rings is 1. The van der Waals surface area contributed by atoms with Crippen molar-refractivity contribution in [2.45, 2.75) is 10.3 Å². The summed E-state index contributed by atoms with van der Waals surface area (Å²) < 4.78 is 48.8. The molecule has 12 heteroatoms. The van der Waals surface area contributed by atoms with Gasteiger partial charge in [0.25, 0.3) is 5.91 Å². The van der Waals surface area contributed by atoms with Crippen molar-refractivity contribution in [2.75, 3.05) is 33.8 Å². The zero-order valence-corrected chi connectivity index (χ0v) is 20.3. The lowest BCUT2D eigenvalue weighted by molar-refractivity contribution is 0.0706. The highest BCUT2D eigenvalue weighted by Crippen LogP contribution is 2.47. The Hall–Kier alpha value is -4.03. The second kappa shape index (κ2) is 10.9. The summed E-state index contributed by atoms with van der Waals surface area (Å²) in [4.78, 5) is 16.6. The van der Waals surface area contributed by atoms with Crippen molar-refractivity contribution in [3.05, 3.63) is 66.0 Å². The topological polar surface area (TPSA) is 145 Å². The van der Waals surface area contributed by atoms with Crippen molar-refractivity contribution in [1.29, 1.82) is 0 Å². The van der Waals surface area contributed by atoms with Crippen LogP contribution in [0.5, 0.6) is 23.0 Å². The molecule has 0 aliphatic rings. The molecule has 3 aromatic rings. The molecule has 2 aromatic carbocycles. The van der Waals surface area contributed by atoms with Crippen LogP contribution < -0.4 is 29.7 Å². The van der Waals surface area contributed by atoms with E-state index in [9.17, 15) is 18.4 Å². The first-order valence-corrected chi connectivity index (χ1v) is 11.7. The van der Waals surface area contributed by atoms with Crippen LogP contribution in [0.15, 0.2) is 59.8 Å². The summed E-state index contributed by atoms with van der Waals surface area (Å²) in [6.45, 7) is 0. The Bertz CT molecular complexity index is 1280. The van der Waals surface area contributed by atoms with Crippen LogP contribution in [0.25, 0.3) is 0 Å². The molecule has 0 aliphatic heterocycles. The molecule has 1 aromatic heterocycles. The predicted octanol–water partition coefficient (Wildman–Crippen LogP) is 2.82. The maximum atomic E-state index is 13.8. The highest BCUT2D eigenvalue weighted by Gasteiger charge is 2.33. The van der Waals surface area contributed by atoms with Gasteiger partial charge in [-0.25, -0.2) is 13.9 Å². The Balaban J connectivity index is 2.26. The van der Waals surface area contributed by atoms with Gasteiger partial charge in [0.1, 0.15) is 5.75 Å². The molecule has 35 heavy (non-hydrogen) atoms. The molecule has 3 N–H and O–H groups in total. The minimum absolute atomic E-state index is 0.00717. The monoisotopic (exact) mass is 503 g/mol. The smallest absolute Gasteiger partial charge is 0.277 e. The number of rotatable bonds is 10. The molecule has 0 fully saturated rings. The first kappa shape index (κ1) is 25.6. The maximum Gasteiger partial charge on any atom is 0.277 e. The van der Waals surface area contributed by atoms with Gasteiger partial charge in [-0.05, 0) is 36.4 Å². The Kier molecular flexibility index (Phi) is 7.99. The molecule has 1 atom stereocenters. The van der Waals surface area contributed by atoms with Gasteiger partial charge in [-0.1, -0.05) is 6.07 Å². The highest BCUT2D eigenvalue weighted by molar-refractivity contribution is 7.91. The van der Waals surface area contributed by atoms with Crippen LogP contribution in [0.2, 0.25) is 0 Å². The molecule has 0 aliphatic carbocycles. The van der Waals surface area contributed by atoms with Gasteiger partial charge in [0.05, 0.1) is 44.6 Å². The maximum absolute atomic E-state index is 13.8. The van der Waals surface area contributed by atoms with Crippen LogP contribution in [0.1, 0.15) is 21.3 Å². The third-order valence-electron chi connectivity index (χ3n) is 5.14. The van der Waals surface area contributed by atoms with Crippen LogP contribution in [-0.4, -0.2) is 53.0 Å². The summed E-state index contributed by atoms with van der Waals surface area (Å²) in [6, 6.07) is 10.3. The van der Waals surface area contributed by atoms with Crippen molar-refractivity contribution < 1.29 is 37.4 Å². The minimum Gasteiger partial charge on any atom is -0.497 e. The zero-order valence-electron chi connectivity index (χ0n) is 19.4. The molecule has 186 valence electrons. The first-order valence-electron chi connectivity index (χ1n) is 10.1. The van der Waals surface area contributed by atoms with E-state index in [0.29, 0.717) is 5.75 Å². The van der Waals surface area contributed by atoms with E-state index in [1.54, 1.807) is 17.6 Å². The molecule has 0 spiro atoms. The number of amides is 1. The van der Waals surface area contributed by atoms with Gasteiger partial charge >= 0.3 is 0 Å². The summed E-state index contributed by atoms with van der Waals surface area (Å²) in [6.07, 6.45) is 2.89. The molecule has 11 nitrogen and oxygen atoms in total. The Morgan fingerprint density at radius 2 is 1.66 bits per heavy atom. The SMILES string of the molecule is COc1ccc(S(=O)(=O)C(Nc2c(C(=O)NO)cc(OC)c(OC)c2OC)c2cccnc2)cc1. The molecule has 0 saturated heterocycles. The second-order valence-corrected chi connectivity index (χ2v) is 9.07. The number of methoxy groups -OCH3 is 4. The number of hydrogen-bond donors (Lipinski definition) is 3. The number of benzene rings is 2. The van der Waals surface area contributed by atoms with E-state index in [1.807, 2.05) is 0 Å². The standard InChI is InChI=1S/C23H25N3O8S/c1-31-15-7-9-16(10-8-15)35(29,30)23(14-6-5-11-24-13-14)25-19-17(22(27)26-28)12-18(32-2)20(33-3)21(19)34-4/h5-13,23,25,28H,1-4H3,(H,26,27). The summed E-state index contributed by atoms with van der Waals surface area (Å²) in [5.74, 6) is -0.218. The van der Waals surface area contributed by atoms with E-state index < -0.39 is 21.1 Å². The number of sulfone groups is 1. The fourth-order valence-corrected chi connectivity index (χ4v) is 5.00. The fourth-order valence-electron chi connectivity index (χ4n) is 3.44. The first-order chi connectivity index (χ1) is 16.8. The summed E-state index contributed by atoms with van der Waals surface area (Å²) >= 11 is 0. The van der Waals surface area contributed by atoms with Gasteiger partial charge in [-0.3, -0.25) is 15.0 Å². The van der Waals surface area contributed by atoms with E-state index in [0.717, 1.165) is 0 Å². The molecular formula is C23H25N3O8S. The van der Waals surface area contributed by atoms with Crippen molar-refractivity contribution in [2.24, 2.45) is 0 Å². The normalized spacial score (nSPS) is 11.8. The Labute approximate surface area is 202 Å². The molecular weight excluding hydrogens is 478 g/mol. The lowest BCUT2D eigenvalue weighted by Crippen LogP contribution is -2.26. The van der Waals surface area contributed by atoms with E-state index in [2.05, 4.69) is 10.3 Å². The van der Waals surface area contributed by atoms with Gasteiger partial charge < -0.3 is 24.3 Å². The minimum atomic E-state index is -4.12. The number of nitrogens with zero attached hydrogens (tertiary/aromatic N) is 1. The molecule has 1 heterocycles. The third kappa shape index (κ3) is 5.08. The Morgan fingerprint density at radius 3 is 2.17 bits per heavy atom. The van der Waals surface area contributed by atoms with Gasteiger partial charge in [-0.15, -0.1) is 0 Å². The lowest BCUT2D eigenvalue weighted by Gasteiger charge is -2.25. The molecule has 1 unspecified atom stereocenters. The fraction of sp³-hybridized carbons (Fsp3) is 0.217. The predicted molar refractivity (Wildman–Crippen MR) is 126 cm³/mol. The van der Waals surface area contributed by atoms with Crippen molar-refractivity contribution in [1.82, 2.24) is 10.5 Å². The van der Waals surface area contributed by atoms with Gasteiger partial charge in [-0.2, -0.15) is 0 Å². The van der Waals surface area contributed by atoms with Crippen LogP contribution in [-0.2, 0) is 9.84 Å². The number of hydrogen-bond acceptors (Lipinski definition) is 10. The van der Waals surface area contributed by atoms with E-state index in [-0.39, 0.29) is 39.0 Å².